The first kappa shape index (κ1) is 24.2. The lowest BCUT2D eigenvalue weighted by Crippen LogP contribution is -2.33. The van der Waals surface area contributed by atoms with E-state index in [1.165, 1.54) is 89.9 Å². The van der Waals surface area contributed by atoms with E-state index in [1.807, 2.05) is 0 Å². The van der Waals surface area contributed by atoms with E-state index in [2.05, 4.69) is 24.6 Å². The lowest BCUT2D eigenvalue weighted by Gasteiger charge is -2.21. The van der Waals surface area contributed by atoms with E-state index in [9.17, 15) is 4.79 Å². The molecule has 0 unspecified atom stereocenters. The maximum absolute atomic E-state index is 11.7. The van der Waals surface area contributed by atoms with E-state index in [-0.39, 0.29) is 5.97 Å². The van der Waals surface area contributed by atoms with Crippen molar-refractivity contribution in [1.82, 2.24) is 5.48 Å². The van der Waals surface area contributed by atoms with Crippen molar-refractivity contribution in [2.75, 3.05) is 0 Å². The first-order valence-electron chi connectivity index (χ1n) is 11.9. The first-order valence-corrected chi connectivity index (χ1v) is 11.9. The number of nitrogens with one attached hydrogen (secondary N) is 1. The van der Waals surface area contributed by atoms with Gasteiger partial charge in [0.2, 0.25) is 0 Å². The Hall–Kier alpha value is -0.830. The van der Waals surface area contributed by atoms with Gasteiger partial charge in [-0.3, -0.25) is 4.79 Å². The highest BCUT2D eigenvalue weighted by atomic mass is 16.7. The first-order chi connectivity index (χ1) is 13.3. The summed E-state index contributed by atoms with van der Waals surface area (Å²) in [5.41, 5.74) is 2.97. The zero-order chi connectivity index (χ0) is 19.4. The van der Waals surface area contributed by atoms with Crippen LogP contribution in [-0.4, -0.2) is 12.0 Å². The molecule has 0 aromatic heterocycles. The number of rotatable bonds is 17. The zero-order valence-corrected chi connectivity index (χ0v) is 18.0. The van der Waals surface area contributed by atoms with Gasteiger partial charge < -0.3 is 4.84 Å². The Labute approximate surface area is 168 Å². The summed E-state index contributed by atoms with van der Waals surface area (Å²) >= 11 is 0. The molecule has 0 heterocycles. The molecule has 0 aliphatic heterocycles. The van der Waals surface area contributed by atoms with Gasteiger partial charge in [-0.25, -0.2) is 0 Å². The van der Waals surface area contributed by atoms with E-state index in [0.29, 0.717) is 12.5 Å². The predicted molar refractivity (Wildman–Crippen MR) is 116 cm³/mol. The van der Waals surface area contributed by atoms with Gasteiger partial charge in [-0.2, -0.15) is 5.48 Å². The summed E-state index contributed by atoms with van der Waals surface area (Å²) in [6.45, 7) is 2.27. The fraction of sp³-hybridized carbons (Fsp3) is 0.875. The minimum atomic E-state index is -0.0850. The fourth-order valence-corrected chi connectivity index (χ4v) is 3.76. The minimum Gasteiger partial charge on any atom is -0.370 e. The van der Waals surface area contributed by atoms with Crippen molar-refractivity contribution in [2.45, 2.75) is 135 Å². The van der Waals surface area contributed by atoms with Crippen LogP contribution >= 0.6 is 0 Å². The fourth-order valence-electron chi connectivity index (χ4n) is 3.76. The number of hydroxylamine groups is 1. The summed E-state index contributed by atoms with van der Waals surface area (Å²) in [5.74, 6) is -0.0850. The molecule has 0 bridgehead atoms. The summed E-state index contributed by atoms with van der Waals surface area (Å²) in [5, 5.41) is 0. The van der Waals surface area contributed by atoms with Crippen molar-refractivity contribution in [2.24, 2.45) is 0 Å². The smallest absolute Gasteiger partial charge is 0.324 e. The van der Waals surface area contributed by atoms with Crippen LogP contribution in [0.4, 0.5) is 0 Å². The molecule has 0 amide bonds. The molecule has 1 rings (SSSR count). The van der Waals surface area contributed by atoms with Crippen LogP contribution in [0.2, 0.25) is 0 Å². The summed E-state index contributed by atoms with van der Waals surface area (Å²) in [4.78, 5) is 16.9. The van der Waals surface area contributed by atoms with E-state index in [0.717, 1.165) is 25.7 Å². The van der Waals surface area contributed by atoms with Gasteiger partial charge in [0, 0.05) is 12.5 Å². The van der Waals surface area contributed by atoms with Crippen molar-refractivity contribution < 1.29 is 9.63 Å². The van der Waals surface area contributed by atoms with E-state index in [4.69, 9.17) is 4.84 Å². The van der Waals surface area contributed by atoms with Crippen LogP contribution in [0.3, 0.4) is 0 Å². The SMILES string of the molecule is CCCCCCCC/C=C\CCCCCCCC(=O)ONC1CCCCC1. The van der Waals surface area contributed by atoms with Crippen LogP contribution in [0.25, 0.3) is 0 Å². The normalized spacial score (nSPS) is 15.4. The molecule has 0 aromatic rings. The van der Waals surface area contributed by atoms with Crippen molar-refractivity contribution in [1.29, 1.82) is 0 Å². The second-order valence-electron chi connectivity index (χ2n) is 8.26. The third-order valence-electron chi connectivity index (χ3n) is 5.59. The second-order valence-corrected chi connectivity index (χ2v) is 8.26. The third-order valence-corrected chi connectivity index (χ3v) is 5.59. The standard InChI is InChI=1S/C24H45NO2/c1-2-3-4-5-6-7-8-9-10-11-12-13-14-15-19-22-24(26)27-25-23-20-17-16-18-21-23/h9-10,23,25H,2-8,11-22H2,1H3/b10-9-. The van der Waals surface area contributed by atoms with E-state index in [1.54, 1.807) is 0 Å². The lowest BCUT2D eigenvalue weighted by molar-refractivity contribution is -0.153. The van der Waals surface area contributed by atoms with Gasteiger partial charge in [0.15, 0.2) is 0 Å². The molecular formula is C24H45NO2. The molecule has 1 aliphatic rings. The number of carbonyl (C=O) groups is 1. The minimum absolute atomic E-state index is 0.0850. The average Bonchev–Trinajstić information content (AvgIpc) is 2.70. The van der Waals surface area contributed by atoms with Gasteiger partial charge in [0.1, 0.15) is 0 Å². The number of unbranched alkanes of at least 4 members (excludes halogenated alkanes) is 11. The van der Waals surface area contributed by atoms with Crippen molar-refractivity contribution in [3.63, 3.8) is 0 Å². The molecule has 1 N–H and O–H groups in total. The van der Waals surface area contributed by atoms with Crippen LogP contribution in [-0.2, 0) is 9.63 Å². The molecule has 3 nitrogen and oxygen atoms in total. The molecule has 27 heavy (non-hydrogen) atoms. The maximum Gasteiger partial charge on any atom is 0.324 e. The maximum atomic E-state index is 11.7. The molecule has 0 atom stereocenters. The van der Waals surface area contributed by atoms with Crippen LogP contribution in [0.1, 0.15) is 129 Å². The highest BCUT2D eigenvalue weighted by molar-refractivity contribution is 5.68. The highest BCUT2D eigenvalue weighted by Crippen LogP contribution is 2.17. The molecule has 1 fully saturated rings. The Morgan fingerprint density at radius 1 is 0.815 bits per heavy atom. The van der Waals surface area contributed by atoms with Crippen molar-refractivity contribution in [3.8, 4) is 0 Å². The monoisotopic (exact) mass is 379 g/mol. The highest BCUT2D eigenvalue weighted by Gasteiger charge is 2.14. The van der Waals surface area contributed by atoms with Gasteiger partial charge in [-0.05, 0) is 44.9 Å². The summed E-state index contributed by atoms with van der Waals surface area (Å²) in [7, 11) is 0. The molecule has 3 heteroatoms. The van der Waals surface area contributed by atoms with Gasteiger partial charge >= 0.3 is 5.97 Å². The second kappa shape index (κ2) is 18.5. The number of carbonyl (C=O) groups excluding carboxylic acids is 1. The van der Waals surface area contributed by atoms with Gasteiger partial charge in [0.05, 0.1) is 0 Å². The largest absolute Gasteiger partial charge is 0.370 e. The Morgan fingerprint density at radius 3 is 2.00 bits per heavy atom. The van der Waals surface area contributed by atoms with Gasteiger partial charge in [0.25, 0.3) is 0 Å². The topological polar surface area (TPSA) is 38.3 Å². The van der Waals surface area contributed by atoms with Crippen LogP contribution in [0, 0.1) is 0 Å². The Balaban J connectivity index is 1.78. The van der Waals surface area contributed by atoms with Crippen LogP contribution in [0.15, 0.2) is 12.2 Å². The molecule has 0 aromatic carbocycles. The lowest BCUT2D eigenvalue weighted by atomic mass is 9.96. The number of allylic oxidation sites excluding steroid dienone is 2. The van der Waals surface area contributed by atoms with E-state index < -0.39 is 0 Å². The summed E-state index contributed by atoms with van der Waals surface area (Å²) in [6.07, 6.45) is 28.0. The van der Waals surface area contributed by atoms with Crippen molar-refractivity contribution >= 4 is 5.97 Å². The van der Waals surface area contributed by atoms with Gasteiger partial charge in [-0.1, -0.05) is 89.7 Å². The molecule has 0 spiro atoms. The van der Waals surface area contributed by atoms with E-state index >= 15 is 0 Å². The quantitative estimate of drug-likeness (QED) is 0.162. The molecular weight excluding hydrogens is 334 g/mol. The zero-order valence-electron chi connectivity index (χ0n) is 18.0. The number of hydrogen-bond acceptors (Lipinski definition) is 3. The van der Waals surface area contributed by atoms with Crippen LogP contribution < -0.4 is 5.48 Å². The third kappa shape index (κ3) is 15.9. The predicted octanol–water partition coefficient (Wildman–Crippen LogP) is 7.40. The molecule has 1 saturated carbocycles. The molecule has 1 aliphatic carbocycles. The Kier molecular flexibility index (Phi) is 16.6. The Morgan fingerprint density at radius 2 is 1.37 bits per heavy atom. The summed E-state index contributed by atoms with van der Waals surface area (Å²) < 4.78 is 0. The Bertz CT molecular complexity index is 361. The summed E-state index contributed by atoms with van der Waals surface area (Å²) in [6, 6.07) is 0.386. The molecule has 0 saturated heterocycles. The van der Waals surface area contributed by atoms with Crippen molar-refractivity contribution in [3.05, 3.63) is 12.2 Å². The average molecular weight is 380 g/mol. The molecule has 158 valence electrons. The number of hydrogen-bond donors (Lipinski definition) is 1. The molecule has 0 radical (unpaired) electrons. The van der Waals surface area contributed by atoms with Gasteiger partial charge in [-0.15, -0.1) is 0 Å². The van der Waals surface area contributed by atoms with Crippen LogP contribution in [0.5, 0.6) is 0 Å².